The molecule has 0 bridgehead atoms. The molecule has 0 saturated carbocycles. The lowest BCUT2D eigenvalue weighted by Gasteiger charge is -2.26. The van der Waals surface area contributed by atoms with Gasteiger partial charge >= 0.3 is 5.97 Å². The van der Waals surface area contributed by atoms with Gasteiger partial charge in [-0.2, -0.15) is 0 Å². The Morgan fingerprint density at radius 3 is 2.75 bits per heavy atom. The van der Waals surface area contributed by atoms with Crippen LogP contribution in [0.2, 0.25) is 0 Å². The van der Waals surface area contributed by atoms with Gasteiger partial charge in [-0.25, -0.2) is 9.48 Å². The maximum absolute atomic E-state index is 12.3. The van der Waals surface area contributed by atoms with Gasteiger partial charge in [0, 0.05) is 0 Å². The minimum atomic E-state index is -0.553. The number of hydrogen-bond donors (Lipinski definition) is 1. The number of esters is 1. The molecule has 0 fully saturated rings. The van der Waals surface area contributed by atoms with Crippen LogP contribution < -0.4 is 5.32 Å². The van der Waals surface area contributed by atoms with Crippen LogP contribution in [0.5, 0.6) is 0 Å². The molecule has 0 saturated heterocycles. The fraction of sp³-hybridized carbons (Fsp3) is 0.250. The number of tetrazole rings is 1. The first-order chi connectivity index (χ1) is 13.7. The largest absolute Gasteiger partial charge is 0.452 e. The Bertz CT molecular complexity index is 970. The molecule has 8 heteroatoms. The van der Waals surface area contributed by atoms with Gasteiger partial charge in [-0.3, -0.25) is 4.79 Å². The first-order valence-electron chi connectivity index (χ1n) is 9.08. The molecule has 0 unspecified atom stereocenters. The zero-order chi connectivity index (χ0) is 19.3. The molecule has 1 heterocycles. The van der Waals surface area contributed by atoms with Gasteiger partial charge in [0.1, 0.15) is 6.33 Å². The Morgan fingerprint density at radius 2 is 1.96 bits per heavy atom. The monoisotopic (exact) mass is 377 g/mol. The molecule has 28 heavy (non-hydrogen) atoms. The van der Waals surface area contributed by atoms with E-state index >= 15 is 0 Å². The summed E-state index contributed by atoms with van der Waals surface area (Å²) in [5.41, 5.74) is 3.48. The minimum Gasteiger partial charge on any atom is -0.452 e. The van der Waals surface area contributed by atoms with Gasteiger partial charge in [-0.1, -0.05) is 24.3 Å². The summed E-state index contributed by atoms with van der Waals surface area (Å²) < 4.78 is 6.63. The van der Waals surface area contributed by atoms with E-state index in [1.807, 2.05) is 18.2 Å². The highest BCUT2D eigenvalue weighted by Gasteiger charge is 2.22. The van der Waals surface area contributed by atoms with Crippen LogP contribution in [0.4, 0.5) is 0 Å². The number of aryl methyl sites for hydroxylation is 1. The summed E-state index contributed by atoms with van der Waals surface area (Å²) >= 11 is 0. The zero-order valence-electron chi connectivity index (χ0n) is 15.1. The van der Waals surface area contributed by atoms with E-state index in [2.05, 4.69) is 26.9 Å². The van der Waals surface area contributed by atoms with Gasteiger partial charge < -0.3 is 10.1 Å². The third kappa shape index (κ3) is 3.90. The Balaban J connectivity index is 1.32. The van der Waals surface area contributed by atoms with Crippen molar-refractivity contribution in [3.63, 3.8) is 0 Å². The van der Waals surface area contributed by atoms with Gasteiger partial charge in [-0.15, -0.1) is 5.10 Å². The van der Waals surface area contributed by atoms with Crippen molar-refractivity contribution >= 4 is 11.9 Å². The van der Waals surface area contributed by atoms with Gasteiger partial charge in [0.15, 0.2) is 6.61 Å². The summed E-state index contributed by atoms with van der Waals surface area (Å²) in [5, 5.41) is 13.9. The topological polar surface area (TPSA) is 99.0 Å². The van der Waals surface area contributed by atoms with E-state index in [1.165, 1.54) is 16.6 Å². The highest BCUT2D eigenvalue weighted by atomic mass is 16.5. The van der Waals surface area contributed by atoms with Gasteiger partial charge in [0.2, 0.25) is 0 Å². The number of rotatable bonds is 5. The van der Waals surface area contributed by atoms with Crippen LogP contribution in [0.3, 0.4) is 0 Å². The Labute approximate surface area is 161 Å². The number of amides is 1. The number of aromatic nitrogens is 4. The average molecular weight is 377 g/mol. The quantitative estimate of drug-likeness (QED) is 0.683. The molecular formula is C20H19N5O3. The number of nitrogens with zero attached hydrogens (tertiary/aromatic N) is 4. The number of fused-ring (bicyclic) bond motifs is 1. The lowest BCUT2D eigenvalue weighted by molar-refractivity contribution is -0.125. The number of nitrogens with one attached hydrogen (secondary N) is 1. The van der Waals surface area contributed by atoms with Crippen LogP contribution in [0.15, 0.2) is 54.9 Å². The van der Waals surface area contributed by atoms with E-state index in [4.69, 9.17) is 4.74 Å². The van der Waals surface area contributed by atoms with Crippen molar-refractivity contribution in [2.24, 2.45) is 0 Å². The maximum Gasteiger partial charge on any atom is 0.338 e. The second kappa shape index (κ2) is 7.99. The Hall–Kier alpha value is -3.55. The summed E-state index contributed by atoms with van der Waals surface area (Å²) in [5.74, 6) is -0.858. The molecule has 0 spiro atoms. The summed E-state index contributed by atoms with van der Waals surface area (Å²) in [4.78, 5) is 24.4. The van der Waals surface area contributed by atoms with Crippen LogP contribution in [0, 0.1) is 0 Å². The van der Waals surface area contributed by atoms with Crippen molar-refractivity contribution < 1.29 is 14.3 Å². The summed E-state index contributed by atoms with van der Waals surface area (Å²) in [7, 11) is 0. The molecule has 1 atom stereocenters. The lowest BCUT2D eigenvalue weighted by atomic mass is 9.88. The van der Waals surface area contributed by atoms with Crippen LogP contribution in [-0.2, 0) is 16.0 Å². The van der Waals surface area contributed by atoms with Crippen molar-refractivity contribution in [1.29, 1.82) is 0 Å². The number of benzene rings is 2. The van der Waals surface area contributed by atoms with E-state index in [1.54, 1.807) is 24.3 Å². The van der Waals surface area contributed by atoms with E-state index in [-0.39, 0.29) is 18.6 Å². The maximum atomic E-state index is 12.3. The fourth-order valence-corrected chi connectivity index (χ4v) is 3.38. The first kappa shape index (κ1) is 17.8. The van der Waals surface area contributed by atoms with Crippen LogP contribution in [-0.4, -0.2) is 38.7 Å². The predicted octanol–water partition coefficient (Wildman–Crippen LogP) is 2.01. The number of carbonyl (C=O) groups is 2. The standard InChI is InChI=1S/C20H19N5O3/c26-19(22-18-7-3-5-14-4-1-2-6-17(14)18)12-28-20(27)15-8-10-16(11-9-15)25-13-21-23-24-25/h1-2,4,6,8-11,13,18H,3,5,7,12H2,(H,22,26)/t18-/m0/s1. The second-order valence-corrected chi connectivity index (χ2v) is 6.59. The lowest BCUT2D eigenvalue weighted by Crippen LogP contribution is -2.34. The molecular weight excluding hydrogens is 358 g/mol. The molecule has 1 aliphatic rings. The highest BCUT2D eigenvalue weighted by Crippen LogP contribution is 2.29. The van der Waals surface area contributed by atoms with Crippen molar-refractivity contribution in [1.82, 2.24) is 25.5 Å². The van der Waals surface area contributed by atoms with E-state index in [0.29, 0.717) is 5.56 Å². The molecule has 3 aromatic rings. The molecule has 1 amide bonds. The molecule has 1 aliphatic carbocycles. The molecule has 1 N–H and O–H groups in total. The van der Waals surface area contributed by atoms with Crippen LogP contribution in [0.25, 0.3) is 5.69 Å². The average Bonchev–Trinajstić information content (AvgIpc) is 3.27. The number of carbonyl (C=O) groups excluding carboxylic acids is 2. The van der Waals surface area contributed by atoms with Gasteiger partial charge in [-0.05, 0) is 65.1 Å². The van der Waals surface area contributed by atoms with Crippen molar-refractivity contribution in [2.45, 2.75) is 25.3 Å². The molecule has 4 rings (SSSR count). The summed E-state index contributed by atoms with van der Waals surface area (Å²) in [6.07, 6.45) is 4.39. The summed E-state index contributed by atoms with van der Waals surface area (Å²) in [6, 6.07) is 14.7. The first-order valence-corrected chi connectivity index (χ1v) is 9.08. The van der Waals surface area contributed by atoms with Crippen LogP contribution in [0.1, 0.15) is 40.4 Å². The zero-order valence-corrected chi connectivity index (χ0v) is 15.1. The van der Waals surface area contributed by atoms with Gasteiger partial charge in [0.25, 0.3) is 5.91 Å². The third-order valence-electron chi connectivity index (χ3n) is 4.76. The van der Waals surface area contributed by atoms with Crippen molar-refractivity contribution in [3.05, 3.63) is 71.5 Å². The van der Waals surface area contributed by atoms with Gasteiger partial charge in [0.05, 0.1) is 17.3 Å². The van der Waals surface area contributed by atoms with Crippen molar-refractivity contribution in [3.8, 4) is 5.69 Å². The Morgan fingerprint density at radius 1 is 1.14 bits per heavy atom. The minimum absolute atomic E-state index is 0.0354. The molecule has 8 nitrogen and oxygen atoms in total. The highest BCUT2D eigenvalue weighted by molar-refractivity contribution is 5.91. The molecule has 0 radical (unpaired) electrons. The Kier molecular flexibility index (Phi) is 5.09. The SMILES string of the molecule is O=C(COC(=O)c1ccc(-n2cnnn2)cc1)N[C@H]1CCCc2ccccc21. The smallest absolute Gasteiger partial charge is 0.338 e. The number of hydrogen-bond acceptors (Lipinski definition) is 6. The molecule has 1 aromatic heterocycles. The summed E-state index contributed by atoms with van der Waals surface area (Å²) in [6.45, 7) is -0.313. The normalized spacial score (nSPS) is 15.5. The van der Waals surface area contributed by atoms with Crippen LogP contribution >= 0.6 is 0 Å². The third-order valence-corrected chi connectivity index (χ3v) is 4.76. The van der Waals surface area contributed by atoms with E-state index in [0.717, 1.165) is 30.5 Å². The van der Waals surface area contributed by atoms with E-state index < -0.39 is 5.97 Å². The predicted molar refractivity (Wildman–Crippen MR) is 99.7 cm³/mol. The molecule has 2 aromatic carbocycles. The molecule has 0 aliphatic heterocycles. The fourth-order valence-electron chi connectivity index (χ4n) is 3.38. The van der Waals surface area contributed by atoms with Crippen molar-refractivity contribution in [2.75, 3.05) is 6.61 Å². The number of ether oxygens (including phenoxy) is 1. The van der Waals surface area contributed by atoms with E-state index in [9.17, 15) is 9.59 Å². The second-order valence-electron chi connectivity index (χ2n) is 6.59. The molecule has 142 valence electrons.